The van der Waals surface area contributed by atoms with Crippen LogP contribution in [-0.4, -0.2) is 11.1 Å². The van der Waals surface area contributed by atoms with E-state index < -0.39 is 42.2 Å². The van der Waals surface area contributed by atoms with E-state index >= 15 is 0 Å². The Hall–Kier alpha value is -1.57. The molecule has 0 aliphatic heterocycles. The highest BCUT2D eigenvalue weighted by molar-refractivity contribution is 5.85. The van der Waals surface area contributed by atoms with Crippen LogP contribution in [0.2, 0.25) is 0 Å². The summed E-state index contributed by atoms with van der Waals surface area (Å²) in [5, 5.41) is 8.51. The Labute approximate surface area is 73.2 Å². The zero-order valence-electron chi connectivity index (χ0n) is 11.4. The van der Waals surface area contributed by atoms with E-state index in [1.165, 1.54) is 0 Å². The maximum Gasteiger partial charge on any atom is 0.328 e. The Morgan fingerprint density at radius 1 is 1.55 bits per heavy atom. The van der Waals surface area contributed by atoms with E-state index in [0.717, 1.165) is 6.08 Å². The highest BCUT2D eigenvalue weighted by Crippen LogP contribution is 1.99. The van der Waals surface area contributed by atoms with Crippen molar-refractivity contribution < 1.29 is 18.1 Å². The molecule has 0 heterocycles. The van der Waals surface area contributed by atoms with Gasteiger partial charge in [-0.25, -0.2) is 4.79 Å². The minimum atomic E-state index is -1.53. The van der Waals surface area contributed by atoms with Crippen molar-refractivity contribution in [3.05, 3.63) is 41.8 Å². The predicted molar refractivity (Wildman–Crippen MR) is 43.1 cm³/mol. The third-order valence-corrected chi connectivity index (χ3v) is 0.859. The first-order valence-corrected chi connectivity index (χ1v) is 2.76. The third-order valence-electron chi connectivity index (χ3n) is 0.859. The van der Waals surface area contributed by atoms with Gasteiger partial charge in [0, 0.05) is 6.05 Å². The standard InChI is InChI=1S/C9H8O2/c10-9(11)7-6-8-4-2-1-3-5-8/h1-7H,(H,10,11)/b7-6+/i1D,2D,3D,4D,5D,7D. The Bertz CT molecular complexity index is 494. The van der Waals surface area contributed by atoms with Gasteiger partial charge in [0.25, 0.3) is 0 Å². The maximum atomic E-state index is 10.5. The van der Waals surface area contributed by atoms with E-state index in [9.17, 15) is 4.79 Å². The molecule has 0 bridgehead atoms. The van der Waals surface area contributed by atoms with Crippen LogP contribution >= 0.6 is 0 Å². The van der Waals surface area contributed by atoms with Crippen molar-refractivity contribution in [1.82, 2.24) is 0 Å². The maximum absolute atomic E-state index is 10.5. The Morgan fingerprint density at radius 3 is 2.73 bits per heavy atom. The molecule has 11 heavy (non-hydrogen) atoms. The second-order valence-electron chi connectivity index (χ2n) is 1.63. The lowest BCUT2D eigenvalue weighted by Crippen LogP contribution is -1.85. The largest absolute Gasteiger partial charge is 0.478 e. The van der Waals surface area contributed by atoms with E-state index in [1.54, 1.807) is 0 Å². The van der Waals surface area contributed by atoms with Crippen LogP contribution in [0.1, 0.15) is 13.8 Å². The molecular formula is C9H8O2. The normalized spacial score (nSPS) is 18.7. The topological polar surface area (TPSA) is 37.3 Å². The Kier molecular flexibility index (Phi) is 0.911. The molecule has 56 valence electrons. The van der Waals surface area contributed by atoms with E-state index in [4.69, 9.17) is 13.3 Å². The van der Waals surface area contributed by atoms with Gasteiger partial charge >= 0.3 is 5.97 Å². The van der Waals surface area contributed by atoms with Gasteiger partial charge in [-0.2, -0.15) is 0 Å². The lowest BCUT2D eigenvalue weighted by Gasteiger charge is -1.87. The summed E-state index contributed by atoms with van der Waals surface area (Å²) in [5.41, 5.74) is -0.302. The number of aliphatic carboxylic acids is 1. The average molecular weight is 154 g/mol. The molecule has 0 saturated carbocycles. The first-order valence-electron chi connectivity index (χ1n) is 5.76. The zero-order chi connectivity index (χ0) is 13.3. The van der Waals surface area contributed by atoms with Crippen molar-refractivity contribution in [2.75, 3.05) is 0 Å². The molecule has 2 nitrogen and oxygen atoms in total. The molecule has 0 amide bonds. The first kappa shape index (κ1) is 2.81. The summed E-state index contributed by atoms with van der Waals surface area (Å²) < 4.78 is 44.0. The summed E-state index contributed by atoms with van der Waals surface area (Å²) in [6.07, 6.45) is 0.739. The third kappa shape index (κ3) is 2.67. The fourth-order valence-corrected chi connectivity index (χ4v) is 0.466. The summed E-state index contributed by atoms with van der Waals surface area (Å²) in [5.74, 6) is -1.53. The molecular weight excluding hydrogens is 140 g/mol. The minimum absolute atomic E-state index is 0.302. The molecule has 1 aromatic carbocycles. The van der Waals surface area contributed by atoms with E-state index in [-0.39, 0.29) is 5.56 Å². The van der Waals surface area contributed by atoms with Crippen molar-refractivity contribution in [3.63, 3.8) is 0 Å². The number of hydrogen-bond donors (Lipinski definition) is 1. The second-order valence-corrected chi connectivity index (χ2v) is 1.63. The fraction of sp³-hybridized carbons (Fsp3) is 0. The second kappa shape index (κ2) is 3.56. The summed E-state index contributed by atoms with van der Waals surface area (Å²) in [4.78, 5) is 10.5. The van der Waals surface area contributed by atoms with Crippen molar-refractivity contribution in [2.45, 2.75) is 0 Å². The molecule has 0 aromatic heterocycles. The molecule has 0 radical (unpaired) electrons. The first-order chi connectivity index (χ1) is 7.77. The number of carboxylic acids is 1. The molecule has 0 fully saturated rings. The quantitative estimate of drug-likeness (QED) is 0.659. The van der Waals surface area contributed by atoms with Crippen LogP contribution < -0.4 is 0 Å². The molecule has 0 saturated heterocycles. The highest BCUT2D eigenvalue weighted by atomic mass is 16.4. The summed E-state index contributed by atoms with van der Waals surface area (Å²) >= 11 is 0. The number of carbonyl (C=O) groups is 1. The van der Waals surface area contributed by atoms with Crippen molar-refractivity contribution in [3.8, 4) is 0 Å². The van der Waals surface area contributed by atoms with Gasteiger partial charge in [-0.15, -0.1) is 0 Å². The van der Waals surface area contributed by atoms with Crippen molar-refractivity contribution in [2.24, 2.45) is 0 Å². The van der Waals surface area contributed by atoms with Crippen LogP contribution in [0.4, 0.5) is 0 Å². The van der Waals surface area contributed by atoms with Crippen LogP contribution in [0.5, 0.6) is 0 Å². The lowest BCUT2D eigenvalue weighted by atomic mass is 10.2. The molecule has 0 aliphatic carbocycles. The molecule has 1 aromatic rings. The molecule has 0 atom stereocenters. The Morgan fingerprint density at radius 2 is 2.18 bits per heavy atom. The molecule has 0 aliphatic rings. The summed E-state index contributed by atoms with van der Waals surface area (Å²) in [6, 6.07) is -3.57. The van der Waals surface area contributed by atoms with Crippen molar-refractivity contribution in [1.29, 1.82) is 0 Å². The van der Waals surface area contributed by atoms with Gasteiger partial charge in [-0.05, 0) is 11.6 Å². The van der Waals surface area contributed by atoms with E-state index in [1.807, 2.05) is 0 Å². The minimum Gasteiger partial charge on any atom is -0.478 e. The number of benzene rings is 1. The van der Waals surface area contributed by atoms with Gasteiger partial charge in [0.15, 0.2) is 0 Å². The van der Waals surface area contributed by atoms with E-state index in [0.29, 0.717) is 0 Å². The van der Waals surface area contributed by atoms with Gasteiger partial charge in [0.05, 0.1) is 8.22 Å². The van der Waals surface area contributed by atoms with Crippen molar-refractivity contribution >= 4 is 12.0 Å². The smallest absolute Gasteiger partial charge is 0.328 e. The molecule has 1 N–H and O–H groups in total. The molecule has 0 unspecified atom stereocenters. The Balaban J connectivity index is 3.56. The van der Waals surface area contributed by atoms with Gasteiger partial charge in [-0.3, -0.25) is 0 Å². The summed E-state index contributed by atoms with van der Waals surface area (Å²) in [6.45, 7) is 0. The van der Waals surface area contributed by atoms with Gasteiger partial charge in [-0.1, -0.05) is 30.2 Å². The molecule has 2 heteroatoms. The SMILES string of the molecule is [2H]/C(=C\c1c([2H])c([2H])c([2H])c([2H])c1[2H])C(=O)O. The molecule has 0 spiro atoms. The van der Waals surface area contributed by atoms with Crippen LogP contribution in [0.3, 0.4) is 0 Å². The van der Waals surface area contributed by atoms with Crippen LogP contribution in [-0.2, 0) is 4.79 Å². The highest BCUT2D eigenvalue weighted by Gasteiger charge is 1.85. The van der Waals surface area contributed by atoms with E-state index in [2.05, 4.69) is 0 Å². The zero-order valence-corrected chi connectivity index (χ0v) is 5.43. The lowest BCUT2D eigenvalue weighted by molar-refractivity contribution is -0.131. The van der Waals surface area contributed by atoms with Gasteiger partial charge in [0.1, 0.15) is 0 Å². The number of carboxylic acid groups (broad SMARTS) is 1. The predicted octanol–water partition coefficient (Wildman–Crippen LogP) is 1.78. The van der Waals surface area contributed by atoms with Crippen LogP contribution in [0, 0.1) is 0 Å². The van der Waals surface area contributed by atoms with Crippen LogP contribution in [0.15, 0.2) is 36.3 Å². The monoisotopic (exact) mass is 154 g/mol. The van der Waals surface area contributed by atoms with Crippen LogP contribution in [0.25, 0.3) is 6.08 Å². The number of rotatable bonds is 2. The van der Waals surface area contributed by atoms with Gasteiger partial charge < -0.3 is 5.11 Å². The molecule has 1 rings (SSSR count). The van der Waals surface area contributed by atoms with Gasteiger partial charge in [0.2, 0.25) is 0 Å². The summed E-state index contributed by atoms with van der Waals surface area (Å²) in [7, 11) is 0. The average Bonchev–Trinajstić information content (AvgIpc) is 2.29. The fourth-order valence-electron chi connectivity index (χ4n) is 0.466. The number of hydrogen-bond acceptors (Lipinski definition) is 1.